The molecule has 0 spiro atoms. The lowest BCUT2D eigenvalue weighted by Gasteiger charge is -2.32. The minimum absolute atomic E-state index is 0.0197. The van der Waals surface area contributed by atoms with E-state index in [1.807, 2.05) is 20.8 Å². The topological polar surface area (TPSA) is 61.4 Å². The van der Waals surface area contributed by atoms with E-state index in [9.17, 15) is 14.0 Å². The average Bonchev–Trinajstić information content (AvgIpc) is 2.55. The molecular formula is C19H28FN3O2. The fourth-order valence-electron chi connectivity index (χ4n) is 2.79. The third kappa shape index (κ3) is 6.46. The smallest absolute Gasteiger partial charge is 0.239 e. The summed E-state index contributed by atoms with van der Waals surface area (Å²) in [6.07, 6.45) is 1.75. The molecule has 1 aromatic carbocycles. The highest BCUT2D eigenvalue weighted by Crippen LogP contribution is 2.15. The van der Waals surface area contributed by atoms with Gasteiger partial charge in [0.1, 0.15) is 5.82 Å². The van der Waals surface area contributed by atoms with E-state index < -0.39 is 5.41 Å². The summed E-state index contributed by atoms with van der Waals surface area (Å²) in [5, 5.41) is 5.65. The number of carbonyl (C=O) groups is 2. The van der Waals surface area contributed by atoms with Gasteiger partial charge in [0.05, 0.1) is 6.54 Å². The van der Waals surface area contributed by atoms with E-state index in [2.05, 4.69) is 15.5 Å². The van der Waals surface area contributed by atoms with Gasteiger partial charge in [-0.05, 0) is 30.5 Å². The second kappa shape index (κ2) is 8.43. The van der Waals surface area contributed by atoms with Gasteiger partial charge in [0.15, 0.2) is 0 Å². The summed E-state index contributed by atoms with van der Waals surface area (Å²) in [5.41, 5.74) is 0.597. The lowest BCUT2D eigenvalue weighted by molar-refractivity contribution is -0.131. The van der Waals surface area contributed by atoms with Crippen LogP contribution in [0.1, 0.15) is 39.2 Å². The quantitative estimate of drug-likeness (QED) is 0.855. The zero-order valence-corrected chi connectivity index (χ0v) is 15.3. The van der Waals surface area contributed by atoms with Crippen molar-refractivity contribution in [1.29, 1.82) is 0 Å². The van der Waals surface area contributed by atoms with Crippen LogP contribution in [-0.4, -0.2) is 42.4 Å². The van der Waals surface area contributed by atoms with Gasteiger partial charge in [-0.15, -0.1) is 0 Å². The predicted octanol–water partition coefficient (Wildman–Crippen LogP) is 2.07. The molecule has 1 aliphatic heterocycles. The number of nitrogens with one attached hydrogen (secondary N) is 2. The second-order valence-electron chi connectivity index (χ2n) is 7.68. The molecule has 0 aliphatic carbocycles. The van der Waals surface area contributed by atoms with Crippen LogP contribution in [0.2, 0.25) is 0 Å². The van der Waals surface area contributed by atoms with Gasteiger partial charge in [-0.1, -0.05) is 32.9 Å². The molecule has 0 atom stereocenters. The molecule has 1 fully saturated rings. The fraction of sp³-hybridized carbons (Fsp3) is 0.579. The van der Waals surface area contributed by atoms with Crippen LogP contribution in [0.3, 0.4) is 0 Å². The highest BCUT2D eigenvalue weighted by atomic mass is 19.1. The van der Waals surface area contributed by atoms with Crippen LogP contribution in [-0.2, 0) is 16.1 Å². The number of carbonyl (C=O) groups excluding carboxylic acids is 2. The van der Waals surface area contributed by atoms with Gasteiger partial charge in [-0.25, -0.2) is 4.39 Å². The minimum Gasteiger partial charge on any atom is -0.352 e. The lowest BCUT2D eigenvalue weighted by Crippen LogP contribution is -2.48. The van der Waals surface area contributed by atoms with Crippen LogP contribution in [0.5, 0.6) is 0 Å². The molecule has 0 saturated carbocycles. The molecule has 2 N–H and O–H groups in total. The molecule has 2 amide bonds. The molecule has 6 heteroatoms. The fourth-order valence-corrected chi connectivity index (χ4v) is 2.79. The highest BCUT2D eigenvalue weighted by Gasteiger charge is 2.23. The zero-order valence-electron chi connectivity index (χ0n) is 15.3. The Morgan fingerprint density at radius 1 is 1.16 bits per heavy atom. The van der Waals surface area contributed by atoms with Gasteiger partial charge in [-0.3, -0.25) is 14.5 Å². The molecule has 1 heterocycles. The standard InChI is InChI=1S/C19H28FN3O2/c1-19(2,3)18(25)21-12-17(24)22-16-8-10-23(11-9-16)13-14-4-6-15(20)7-5-14/h4-7,16H,8-13H2,1-3H3,(H,21,25)(H,22,24). The summed E-state index contributed by atoms with van der Waals surface area (Å²) in [4.78, 5) is 26.1. The molecule has 0 unspecified atom stereocenters. The SMILES string of the molecule is CC(C)(C)C(=O)NCC(=O)NC1CCN(Cc2ccc(F)cc2)CC1. The summed E-state index contributed by atoms with van der Waals surface area (Å²) in [7, 11) is 0. The average molecular weight is 349 g/mol. The van der Waals surface area contributed by atoms with Gasteiger partial charge in [0, 0.05) is 31.1 Å². The Morgan fingerprint density at radius 3 is 2.32 bits per heavy atom. The number of rotatable bonds is 5. The van der Waals surface area contributed by atoms with E-state index in [0.717, 1.165) is 38.0 Å². The van der Waals surface area contributed by atoms with Gasteiger partial charge in [0.25, 0.3) is 0 Å². The summed E-state index contributed by atoms with van der Waals surface area (Å²) >= 11 is 0. The largest absolute Gasteiger partial charge is 0.352 e. The van der Waals surface area contributed by atoms with E-state index in [1.54, 1.807) is 12.1 Å². The van der Waals surface area contributed by atoms with Gasteiger partial charge in [0.2, 0.25) is 11.8 Å². The van der Waals surface area contributed by atoms with Crippen molar-refractivity contribution in [1.82, 2.24) is 15.5 Å². The van der Waals surface area contributed by atoms with Crippen molar-refractivity contribution in [3.05, 3.63) is 35.6 Å². The zero-order chi connectivity index (χ0) is 18.4. The number of benzene rings is 1. The Balaban J connectivity index is 1.68. The van der Waals surface area contributed by atoms with E-state index in [-0.39, 0.29) is 30.2 Å². The van der Waals surface area contributed by atoms with E-state index in [1.165, 1.54) is 12.1 Å². The van der Waals surface area contributed by atoms with Crippen molar-refractivity contribution < 1.29 is 14.0 Å². The van der Waals surface area contributed by atoms with Crippen LogP contribution >= 0.6 is 0 Å². The number of piperidine rings is 1. The number of halogens is 1. The van der Waals surface area contributed by atoms with Crippen LogP contribution in [0.4, 0.5) is 4.39 Å². The Morgan fingerprint density at radius 2 is 1.76 bits per heavy atom. The van der Waals surface area contributed by atoms with E-state index in [4.69, 9.17) is 0 Å². The maximum atomic E-state index is 12.9. The van der Waals surface area contributed by atoms with Crippen LogP contribution in [0.15, 0.2) is 24.3 Å². The third-order valence-corrected chi connectivity index (χ3v) is 4.36. The maximum Gasteiger partial charge on any atom is 0.239 e. The van der Waals surface area contributed by atoms with Crippen molar-refractivity contribution in [2.45, 2.75) is 46.2 Å². The van der Waals surface area contributed by atoms with Crippen molar-refractivity contribution in [2.24, 2.45) is 5.41 Å². The molecular weight excluding hydrogens is 321 g/mol. The Hall–Kier alpha value is -1.95. The Bertz CT molecular complexity index is 588. The molecule has 25 heavy (non-hydrogen) atoms. The number of hydrogen-bond acceptors (Lipinski definition) is 3. The second-order valence-corrected chi connectivity index (χ2v) is 7.68. The monoisotopic (exact) mass is 349 g/mol. The summed E-state index contributed by atoms with van der Waals surface area (Å²) < 4.78 is 12.9. The van der Waals surface area contributed by atoms with E-state index >= 15 is 0 Å². The van der Waals surface area contributed by atoms with Gasteiger partial charge >= 0.3 is 0 Å². The molecule has 0 bridgehead atoms. The van der Waals surface area contributed by atoms with Gasteiger partial charge in [-0.2, -0.15) is 0 Å². The molecule has 1 aliphatic rings. The highest BCUT2D eigenvalue weighted by molar-refractivity contribution is 5.87. The number of hydrogen-bond donors (Lipinski definition) is 2. The third-order valence-electron chi connectivity index (χ3n) is 4.36. The molecule has 0 radical (unpaired) electrons. The molecule has 5 nitrogen and oxygen atoms in total. The maximum absolute atomic E-state index is 12.9. The Kier molecular flexibility index (Phi) is 6.53. The van der Waals surface area contributed by atoms with Crippen LogP contribution in [0.25, 0.3) is 0 Å². The van der Waals surface area contributed by atoms with Crippen LogP contribution < -0.4 is 10.6 Å². The van der Waals surface area contributed by atoms with Gasteiger partial charge < -0.3 is 10.6 Å². The van der Waals surface area contributed by atoms with Crippen LogP contribution in [0, 0.1) is 11.2 Å². The first-order valence-corrected chi connectivity index (χ1v) is 8.78. The normalized spacial score (nSPS) is 16.5. The number of nitrogens with zero attached hydrogens (tertiary/aromatic N) is 1. The van der Waals surface area contributed by atoms with Crippen molar-refractivity contribution in [2.75, 3.05) is 19.6 Å². The first-order chi connectivity index (χ1) is 11.7. The van der Waals surface area contributed by atoms with Crippen molar-refractivity contribution in [3.63, 3.8) is 0 Å². The summed E-state index contributed by atoms with van der Waals surface area (Å²) in [6.45, 7) is 8.03. The minimum atomic E-state index is -0.494. The van der Waals surface area contributed by atoms with E-state index in [0.29, 0.717) is 0 Å². The molecule has 2 rings (SSSR count). The predicted molar refractivity (Wildman–Crippen MR) is 95.3 cm³/mol. The Labute approximate surface area is 149 Å². The molecule has 138 valence electrons. The number of likely N-dealkylation sites (tertiary alicyclic amines) is 1. The lowest BCUT2D eigenvalue weighted by atomic mass is 9.96. The first-order valence-electron chi connectivity index (χ1n) is 8.78. The van der Waals surface area contributed by atoms with Crippen molar-refractivity contribution in [3.8, 4) is 0 Å². The molecule has 1 aromatic rings. The number of amides is 2. The van der Waals surface area contributed by atoms with Crippen molar-refractivity contribution >= 4 is 11.8 Å². The summed E-state index contributed by atoms with van der Waals surface area (Å²) in [5.74, 6) is -0.491. The molecule has 1 saturated heterocycles. The molecule has 0 aromatic heterocycles. The summed E-state index contributed by atoms with van der Waals surface area (Å²) in [6, 6.07) is 6.72. The first kappa shape index (κ1) is 19.4.